The van der Waals surface area contributed by atoms with E-state index in [4.69, 9.17) is 4.74 Å². The van der Waals surface area contributed by atoms with Crippen molar-refractivity contribution in [3.63, 3.8) is 0 Å². The molecule has 1 aliphatic heterocycles. The summed E-state index contributed by atoms with van der Waals surface area (Å²) in [6.07, 6.45) is 8.26. The minimum Gasteiger partial charge on any atom is -0.458 e. The van der Waals surface area contributed by atoms with Crippen molar-refractivity contribution in [2.24, 2.45) is 11.3 Å². The highest BCUT2D eigenvalue weighted by molar-refractivity contribution is 6.00. The predicted octanol–water partition coefficient (Wildman–Crippen LogP) is 2.42. The summed E-state index contributed by atoms with van der Waals surface area (Å²) in [5, 5.41) is 3.36. The summed E-state index contributed by atoms with van der Waals surface area (Å²) in [6, 6.07) is -0.272. The van der Waals surface area contributed by atoms with Crippen LogP contribution in [0, 0.1) is 11.3 Å². The van der Waals surface area contributed by atoms with Crippen LogP contribution in [-0.4, -0.2) is 23.4 Å². The molecule has 0 amide bonds. The van der Waals surface area contributed by atoms with Crippen molar-refractivity contribution in [1.82, 2.24) is 5.32 Å². The zero-order valence-corrected chi connectivity index (χ0v) is 13.2. The van der Waals surface area contributed by atoms with Crippen LogP contribution in [0.4, 0.5) is 0 Å². The Bertz CT molecular complexity index is 677. The monoisotopic (exact) mass is 299 g/mol. The van der Waals surface area contributed by atoms with Crippen molar-refractivity contribution >= 4 is 11.8 Å². The third-order valence-corrected chi connectivity index (χ3v) is 5.12. The maximum absolute atomic E-state index is 12.4. The fourth-order valence-electron chi connectivity index (χ4n) is 4.05. The second-order valence-electron chi connectivity index (χ2n) is 7.82. The van der Waals surface area contributed by atoms with Crippen LogP contribution < -0.4 is 5.32 Å². The molecule has 116 valence electrons. The molecule has 4 heteroatoms. The summed E-state index contributed by atoms with van der Waals surface area (Å²) in [7, 11) is 0. The normalized spacial score (nSPS) is 35.2. The summed E-state index contributed by atoms with van der Waals surface area (Å²) in [6.45, 7) is 5.66. The van der Waals surface area contributed by atoms with Crippen LogP contribution in [0.1, 0.15) is 40.0 Å². The van der Waals surface area contributed by atoms with Crippen molar-refractivity contribution < 1.29 is 14.3 Å². The molecule has 4 rings (SSSR count). The molecule has 3 unspecified atom stereocenters. The van der Waals surface area contributed by atoms with Gasteiger partial charge >= 0.3 is 5.97 Å². The van der Waals surface area contributed by atoms with E-state index in [0.717, 1.165) is 29.7 Å². The number of nitrogens with one attached hydrogen (secondary N) is 1. The number of carbonyl (C=O) groups excluding carboxylic acids is 2. The molecular weight excluding hydrogens is 278 g/mol. The van der Waals surface area contributed by atoms with Gasteiger partial charge in [0, 0.05) is 29.0 Å². The van der Waals surface area contributed by atoms with Crippen LogP contribution in [0.5, 0.6) is 0 Å². The smallest absolute Gasteiger partial charge is 0.329 e. The SMILES string of the molecule is CC(C)(C)OC(=O)C1NC2=CC3=C(CC24CC14)C(=O)CC=C3. The molecule has 3 aliphatic carbocycles. The first-order valence-electron chi connectivity index (χ1n) is 7.95. The Labute approximate surface area is 130 Å². The fraction of sp³-hybridized carbons (Fsp3) is 0.556. The number of piperidine rings is 1. The van der Waals surface area contributed by atoms with Gasteiger partial charge in [0.1, 0.15) is 11.6 Å². The predicted molar refractivity (Wildman–Crippen MR) is 81.8 cm³/mol. The molecule has 0 radical (unpaired) electrons. The molecule has 1 saturated heterocycles. The van der Waals surface area contributed by atoms with Crippen molar-refractivity contribution in [2.45, 2.75) is 51.7 Å². The summed E-state index contributed by atoms with van der Waals surface area (Å²) < 4.78 is 5.54. The molecule has 2 fully saturated rings. The number of ether oxygens (including phenoxy) is 1. The van der Waals surface area contributed by atoms with E-state index in [0.29, 0.717) is 6.42 Å². The van der Waals surface area contributed by atoms with E-state index in [1.165, 1.54) is 0 Å². The molecule has 4 aliphatic rings. The van der Waals surface area contributed by atoms with Gasteiger partial charge in [-0.1, -0.05) is 12.2 Å². The standard InChI is InChI=1S/C18H21NO3/c1-17(2,3)22-16(21)15-12-9-18(12)8-11-10(7-14(18)19-15)5-4-6-13(11)20/h4-5,7,12,15,19H,6,8-9H2,1-3H3. The molecule has 1 heterocycles. The van der Waals surface area contributed by atoms with Crippen LogP contribution in [-0.2, 0) is 14.3 Å². The molecule has 1 spiro atoms. The lowest BCUT2D eigenvalue weighted by Crippen LogP contribution is -2.39. The molecule has 1 N–H and O–H groups in total. The number of hydrogen-bond acceptors (Lipinski definition) is 4. The third kappa shape index (κ3) is 1.89. The summed E-state index contributed by atoms with van der Waals surface area (Å²) >= 11 is 0. The van der Waals surface area contributed by atoms with Crippen LogP contribution in [0.2, 0.25) is 0 Å². The fourth-order valence-corrected chi connectivity index (χ4v) is 4.05. The summed E-state index contributed by atoms with van der Waals surface area (Å²) in [4.78, 5) is 24.5. The zero-order chi connectivity index (χ0) is 15.7. The minimum absolute atomic E-state index is 0.0127. The highest BCUT2D eigenvalue weighted by atomic mass is 16.6. The van der Waals surface area contributed by atoms with Gasteiger partial charge in [0.25, 0.3) is 0 Å². The van der Waals surface area contributed by atoms with Gasteiger partial charge in [0.05, 0.1) is 0 Å². The quantitative estimate of drug-likeness (QED) is 0.756. The minimum atomic E-state index is -0.473. The van der Waals surface area contributed by atoms with Crippen LogP contribution >= 0.6 is 0 Å². The zero-order valence-electron chi connectivity index (χ0n) is 13.2. The molecule has 0 aromatic rings. The Hall–Kier alpha value is -1.84. The maximum atomic E-state index is 12.4. The van der Waals surface area contributed by atoms with Crippen LogP contribution in [0.3, 0.4) is 0 Å². The first-order chi connectivity index (χ1) is 10.3. The first-order valence-corrected chi connectivity index (χ1v) is 7.95. The Balaban J connectivity index is 1.59. The molecule has 3 atom stereocenters. The van der Waals surface area contributed by atoms with E-state index < -0.39 is 5.60 Å². The molecule has 0 aromatic carbocycles. The van der Waals surface area contributed by atoms with E-state index in [1.54, 1.807) is 0 Å². The second kappa shape index (κ2) is 4.12. The van der Waals surface area contributed by atoms with E-state index in [2.05, 4.69) is 11.4 Å². The highest BCUT2D eigenvalue weighted by Gasteiger charge is 2.68. The Morgan fingerprint density at radius 3 is 2.91 bits per heavy atom. The largest absolute Gasteiger partial charge is 0.458 e. The van der Waals surface area contributed by atoms with Gasteiger partial charge in [-0.05, 0) is 45.3 Å². The average Bonchev–Trinajstić information content (AvgIpc) is 3.02. The summed E-state index contributed by atoms with van der Waals surface area (Å²) in [5.41, 5.74) is 2.59. The Morgan fingerprint density at radius 1 is 1.41 bits per heavy atom. The second-order valence-corrected chi connectivity index (χ2v) is 7.82. The number of esters is 1. The lowest BCUT2D eigenvalue weighted by Gasteiger charge is -2.26. The number of Topliss-reactive ketones (excluding diaryl/α,β-unsaturated/α-hetero) is 1. The molecule has 1 saturated carbocycles. The first kappa shape index (κ1) is 13.8. The van der Waals surface area contributed by atoms with Gasteiger partial charge in [-0.2, -0.15) is 0 Å². The van der Waals surface area contributed by atoms with Gasteiger partial charge in [-0.15, -0.1) is 0 Å². The number of allylic oxidation sites excluding steroid dienone is 6. The maximum Gasteiger partial charge on any atom is 0.329 e. The van der Waals surface area contributed by atoms with E-state index in [-0.39, 0.29) is 29.1 Å². The average molecular weight is 299 g/mol. The van der Waals surface area contributed by atoms with Gasteiger partial charge in [-0.3, -0.25) is 4.79 Å². The molecule has 0 bridgehead atoms. The molecule has 0 aromatic heterocycles. The third-order valence-electron chi connectivity index (χ3n) is 5.12. The molecule has 22 heavy (non-hydrogen) atoms. The lowest BCUT2D eigenvalue weighted by molar-refractivity contribution is -0.157. The van der Waals surface area contributed by atoms with Gasteiger partial charge in [-0.25, -0.2) is 4.79 Å². The highest BCUT2D eigenvalue weighted by Crippen LogP contribution is 2.68. The molecular formula is C18H21NO3. The van der Waals surface area contributed by atoms with Crippen molar-refractivity contribution in [2.75, 3.05) is 0 Å². The summed E-state index contributed by atoms with van der Waals surface area (Å²) in [5.74, 6) is 0.319. The van der Waals surface area contributed by atoms with E-state index in [1.807, 2.05) is 32.9 Å². The van der Waals surface area contributed by atoms with Crippen molar-refractivity contribution in [3.8, 4) is 0 Å². The number of ketones is 1. The van der Waals surface area contributed by atoms with Gasteiger partial charge < -0.3 is 10.1 Å². The van der Waals surface area contributed by atoms with Crippen molar-refractivity contribution in [1.29, 1.82) is 0 Å². The van der Waals surface area contributed by atoms with E-state index in [9.17, 15) is 9.59 Å². The molecule has 4 nitrogen and oxygen atoms in total. The topological polar surface area (TPSA) is 55.4 Å². The Kier molecular flexibility index (Phi) is 2.58. The van der Waals surface area contributed by atoms with E-state index >= 15 is 0 Å². The Morgan fingerprint density at radius 2 is 2.18 bits per heavy atom. The van der Waals surface area contributed by atoms with Crippen LogP contribution in [0.25, 0.3) is 0 Å². The van der Waals surface area contributed by atoms with Crippen molar-refractivity contribution in [3.05, 3.63) is 35.1 Å². The number of carbonyl (C=O) groups is 2. The number of rotatable bonds is 1. The van der Waals surface area contributed by atoms with Gasteiger partial charge in [0.2, 0.25) is 0 Å². The van der Waals surface area contributed by atoms with Gasteiger partial charge in [0.15, 0.2) is 5.78 Å². The van der Waals surface area contributed by atoms with Crippen LogP contribution in [0.15, 0.2) is 35.1 Å². The lowest BCUT2D eigenvalue weighted by atomic mass is 9.80. The number of hydrogen-bond donors (Lipinski definition) is 1.